The Labute approximate surface area is 113 Å². The first-order chi connectivity index (χ1) is 8.77. The van der Waals surface area contributed by atoms with Crippen LogP contribution in [0.15, 0.2) is 12.2 Å². The second kappa shape index (κ2) is 14.3. The van der Waals surface area contributed by atoms with Crippen molar-refractivity contribution in [2.75, 3.05) is 0 Å². The molecule has 1 amide bonds. The van der Waals surface area contributed by atoms with Crippen LogP contribution in [0.1, 0.15) is 84.0 Å². The summed E-state index contributed by atoms with van der Waals surface area (Å²) in [5.41, 5.74) is 5.01. The van der Waals surface area contributed by atoms with E-state index in [4.69, 9.17) is 5.73 Å². The van der Waals surface area contributed by atoms with Crippen LogP contribution in [-0.2, 0) is 4.79 Å². The van der Waals surface area contributed by atoms with Gasteiger partial charge in [0.25, 0.3) is 0 Å². The van der Waals surface area contributed by atoms with Gasteiger partial charge in [0.05, 0.1) is 0 Å². The second-order valence-electron chi connectivity index (χ2n) is 5.13. The van der Waals surface area contributed by atoms with Gasteiger partial charge in [-0.3, -0.25) is 4.79 Å². The van der Waals surface area contributed by atoms with Crippen molar-refractivity contribution < 1.29 is 4.79 Å². The molecule has 2 heteroatoms. The first-order valence-corrected chi connectivity index (χ1v) is 7.73. The number of rotatable bonds is 13. The van der Waals surface area contributed by atoms with Crippen molar-refractivity contribution >= 4 is 5.91 Å². The van der Waals surface area contributed by atoms with Gasteiger partial charge in [0.2, 0.25) is 5.91 Å². The summed E-state index contributed by atoms with van der Waals surface area (Å²) in [5, 5.41) is 0. The summed E-state index contributed by atoms with van der Waals surface area (Å²) in [6, 6.07) is 0. The molecular formula is C16H31NO. The first-order valence-electron chi connectivity index (χ1n) is 7.73. The zero-order valence-corrected chi connectivity index (χ0v) is 12.1. The van der Waals surface area contributed by atoms with E-state index >= 15 is 0 Å². The van der Waals surface area contributed by atoms with E-state index in [2.05, 4.69) is 6.92 Å². The maximum absolute atomic E-state index is 10.4. The third-order valence-electron chi connectivity index (χ3n) is 3.26. The summed E-state index contributed by atoms with van der Waals surface area (Å²) >= 11 is 0. The van der Waals surface area contributed by atoms with Crippen LogP contribution in [-0.4, -0.2) is 5.91 Å². The molecule has 0 saturated carbocycles. The molecule has 0 fully saturated rings. The van der Waals surface area contributed by atoms with E-state index in [9.17, 15) is 4.79 Å². The Kier molecular flexibility index (Phi) is 13.6. The largest absolute Gasteiger partial charge is 0.366 e. The maximum atomic E-state index is 10.4. The van der Waals surface area contributed by atoms with Gasteiger partial charge in [-0.25, -0.2) is 0 Å². The van der Waals surface area contributed by atoms with Gasteiger partial charge in [0.1, 0.15) is 0 Å². The lowest BCUT2D eigenvalue weighted by Gasteiger charge is -2.01. The fourth-order valence-corrected chi connectivity index (χ4v) is 2.13. The Morgan fingerprint density at radius 3 is 1.72 bits per heavy atom. The monoisotopic (exact) mass is 253 g/mol. The fourth-order valence-electron chi connectivity index (χ4n) is 2.13. The van der Waals surface area contributed by atoms with E-state index in [0.717, 1.165) is 6.42 Å². The quantitative estimate of drug-likeness (QED) is 0.374. The first kappa shape index (κ1) is 17.2. The molecule has 0 aromatic carbocycles. The van der Waals surface area contributed by atoms with Gasteiger partial charge in [-0.15, -0.1) is 0 Å². The number of amides is 1. The van der Waals surface area contributed by atoms with Crippen LogP contribution in [0.5, 0.6) is 0 Å². The van der Waals surface area contributed by atoms with E-state index < -0.39 is 0 Å². The average Bonchev–Trinajstić information content (AvgIpc) is 2.34. The van der Waals surface area contributed by atoms with Crippen molar-refractivity contribution in [2.45, 2.75) is 84.0 Å². The molecule has 0 aliphatic rings. The van der Waals surface area contributed by atoms with Crippen LogP contribution in [0.25, 0.3) is 0 Å². The molecule has 0 radical (unpaired) electrons. The molecule has 2 N–H and O–H groups in total. The van der Waals surface area contributed by atoms with Crippen LogP contribution in [0.3, 0.4) is 0 Å². The van der Waals surface area contributed by atoms with Crippen molar-refractivity contribution in [1.82, 2.24) is 0 Å². The lowest BCUT2D eigenvalue weighted by Crippen LogP contribution is -2.05. The van der Waals surface area contributed by atoms with Gasteiger partial charge in [-0.1, -0.05) is 77.2 Å². The van der Waals surface area contributed by atoms with Crippen LogP contribution in [0, 0.1) is 0 Å². The molecule has 0 spiro atoms. The average molecular weight is 253 g/mol. The molecule has 0 aromatic rings. The van der Waals surface area contributed by atoms with Crippen molar-refractivity contribution in [1.29, 1.82) is 0 Å². The third kappa shape index (κ3) is 15.2. The minimum absolute atomic E-state index is 0.335. The standard InChI is InChI=1S/C16H31NO/c1-2-3-4-5-6-7-8-9-10-11-12-13-14-15-16(17)18/h14-15H,2-13H2,1H3,(H2,17,18). The molecule has 0 saturated heterocycles. The molecule has 0 aliphatic heterocycles. The Hall–Kier alpha value is -0.790. The van der Waals surface area contributed by atoms with Gasteiger partial charge >= 0.3 is 0 Å². The molecule has 0 aromatic heterocycles. The van der Waals surface area contributed by atoms with Crippen molar-refractivity contribution in [2.24, 2.45) is 5.73 Å². The molecule has 0 unspecified atom stereocenters. The number of carbonyl (C=O) groups excluding carboxylic acids is 1. The number of unbranched alkanes of at least 4 members (excludes halogenated alkanes) is 11. The molecule has 0 heterocycles. The summed E-state index contributed by atoms with van der Waals surface area (Å²) in [6.45, 7) is 2.26. The molecule has 0 rings (SSSR count). The lowest BCUT2D eigenvalue weighted by atomic mass is 10.1. The highest BCUT2D eigenvalue weighted by Gasteiger charge is 1.92. The molecule has 0 aliphatic carbocycles. The van der Waals surface area contributed by atoms with Crippen molar-refractivity contribution in [3.05, 3.63) is 12.2 Å². The molecule has 18 heavy (non-hydrogen) atoms. The minimum Gasteiger partial charge on any atom is -0.366 e. The maximum Gasteiger partial charge on any atom is 0.241 e. The van der Waals surface area contributed by atoms with Crippen molar-refractivity contribution in [3.63, 3.8) is 0 Å². The van der Waals surface area contributed by atoms with E-state index in [1.54, 1.807) is 0 Å². The Morgan fingerprint density at radius 2 is 1.28 bits per heavy atom. The normalized spacial score (nSPS) is 11.2. The number of allylic oxidation sites excluding steroid dienone is 1. The van der Waals surface area contributed by atoms with E-state index in [1.807, 2.05) is 6.08 Å². The smallest absolute Gasteiger partial charge is 0.241 e. The molecule has 0 bridgehead atoms. The molecule has 0 atom stereocenters. The summed E-state index contributed by atoms with van der Waals surface area (Å²) in [6.07, 6.45) is 19.3. The SMILES string of the molecule is CCCCCCCCCCCCCC=CC(N)=O. The number of nitrogens with two attached hydrogens (primary N) is 1. The molecule has 2 nitrogen and oxygen atoms in total. The van der Waals surface area contributed by atoms with Crippen LogP contribution in [0.2, 0.25) is 0 Å². The van der Waals surface area contributed by atoms with Crippen LogP contribution < -0.4 is 5.73 Å². The van der Waals surface area contributed by atoms with Crippen LogP contribution in [0.4, 0.5) is 0 Å². The molecular weight excluding hydrogens is 222 g/mol. The van der Waals surface area contributed by atoms with Gasteiger partial charge in [-0.2, -0.15) is 0 Å². The van der Waals surface area contributed by atoms with Gasteiger partial charge in [-0.05, 0) is 18.9 Å². The Balaban J connectivity index is 3.01. The number of hydrogen-bond donors (Lipinski definition) is 1. The van der Waals surface area contributed by atoms with E-state index in [0.29, 0.717) is 0 Å². The van der Waals surface area contributed by atoms with E-state index in [-0.39, 0.29) is 5.91 Å². The van der Waals surface area contributed by atoms with Gasteiger partial charge in [0, 0.05) is 0 Å². The summed E-state index contributed by atoms with van der Waals surface area (Å²) in [7, 11) is 0. The highest BCUT2D eigenvalue weighted by molar-refractivity contribution is 5.85. The third-order valence-corrected chi connectivity index (χ3v) is 3.26. The highest BCUT2D eigenvalue weighted by Crippen LogP contribution is 2.11. The summed E-state index contributed by atoms with van der Waals surface area (Å²) in [5.74, 6) is -0.335. The summed E-state index contributed by atoms with van der Waals surface area (Å²) < 4.78 is 0. The predicted octanol–water partition coefficient (Wildman–Crippen LogP) is 4.73. The number of hydrogen-bond acceptors (Lipinski definition) is 1. The molecule has 106 valence electrons. The summed E-state index contributed by atoms with van der Waals surface area (Å²) in [4.78, 5) is 10.4. The van der Waals surface area contributed by atoms with E-state index in [1.165, 1.54) is 76.7 Å². The van der Waals surface area contributed by atoms with Crippen molar-refractivity contribution in [3.8, 4) is 0 Å². The Bertz CT molecular complexity index is 211. The Morgan fingerprint density at radius 1 is 0.833 bits per heavy atom. The lowest BCUT2D eigenvalue weighted by molar-refractivity contribution is -0.113. The number of carbonyl (C=O) groups is 1. The van der Waals surface area contributed by atoms with Crippen LogP contribution >= 0.6 is 0 Å². The zero-order chi connectivity index (χ0) is 13.5. The fraction of sp³-hybridized carbons (Fsp3) is 0.812. The minimum atomic E-state index is -0.335. The second-order valence-corrected chi connectivity index (χ2v) is 5.13. The zero-order valence-electron chi connectivity index (χ0n) is 12.1. The highest BCUT2D eigenvalue weighted by atomic mass is 16.1. The van der Waals surface area contributed by atoms with Gasteiger partial charge < -0.3 is 5.73 Å². The number of primary amides is 1. The van der Waals surface area contributed by atoms with Gasteiger partial charge in [0.15, 0.2) is 0 Å². The topological polar surface area (TPSA) is 43.1 Å². The predicted molar refractivity (Wildman–Crippen MR) is 79.4 cm³/mol.